The van der Waals surface area contributed by atoms with Gasteiger partial charge < -0.3 is 10.5 Å². The molecule has 0 aliphatic rings. The molecule has 15 heavy (non-hydrogen) atoms. The van der Waals surface area contributed by atoms with Crippen molar-refractivity contribution in [3.05, 3.63) is 0 Å². The summed E-state index contributed by atoms with van der Waals surface area (Å²) in [6.07, 6.45) is 9.39. The van der Waals surface area contributed by atoms with E-state index in [9.17, 15) is 0 Å². The number of hydrogen-bond acceptors (Lipinski definition) is 2. The van der Waals surface area contributed by atoms with Gasteiger partial charge in [0.25, 0.3) is 0 Å². The first kappa shape index (κ1) is 14.9. The van der Waals surface area contributed by atoms with E-state index in [1.165, 1.54) is 44.9 Å². The highest BCUT2D eigenvalue weighted by atomic mass is 16.5. The first-order valence-electron chi connectivity index (χ1n) is 6.62. The molecule has 0 aliphatic carbocycles. The minimum Gasteiger partial charge on any atom is -0.380 e. The normalized spacial score (nSPS) is 13.0. The Hall–Kier alpha value is -0.0800. The highest BCUT2D eigenvalue weighted by Gasteiger charge is 2.05. The third-order valence-electron chi connectivity index (χ3n) is 2.98. The summed E-state index contributed by atoms with van der Waals surface area (Å²) in [5, 5.41) is 0. The van der Waals surface area contributed by atoms with Crippen LogP contribution in [-0.2, 0) is 4.74 Å². The molecule has 0 amide bonds. The summed E-state index contributed by atoms with van der Waals surface area (Å²) in [4.78, 5) is 0. The predicted molar refractivity (Wildman–Crippen MR) is 67.0 cm³/mol. The van der Waals surface area contributed by atoms with E-state index in [1.54, 1.807) is 0 Å². The lowest BCUT2D eigenvalue weighted by molar-refractivity contribution is 0.124. The monoisotopic (exact) mass is 215 g/mol. The van der Waals surface area contributed by atoms with Crippen molar-refractivity contribution in [3.63, 3.8) is 0 Å². The summed E-state index contributed by atoms with van der Waals surface area (Å²) in [5.41, 5.74) is 5.37. The molecule has 0 bridgehead atoms. The van der Waals surface area contributed by atoms with Crippen LogP contribution in [0.3, 0.4) is 0 Å². The van der Waals surface area contributed by atoms with Gasteiger partial charge in [-0.25, -0.2) is 0 Å². The Kier molecular flexibility index (Phi) is 11.9. The van der Waals surface area contributed by atoms with E-state index in [0.717, 1.165) is 12.5 Å². The van der Waals surface area contributed by atoms with Gasteiger partial charge >= 0.3 is 0 Å². The Labute approximate surface area is 95.6 Å². The topological polar surface area (TPSA) is 35.2 Å². The van der Waals surface area contributed by atoms with Crippen LogP contribution in [0.25, 0.3) is 0 Å². The van der Waals surface area contributed by atoms with Crippen LogP contribution in [0.2, 0.25) is 0 Å². The minimum absolute atomic E-state index is 0.646. The molecule has 0 aromatic carbocycles. The van der Waals surface area contributed by atoms with Crippen LogP contribution in [0, 0.1) is 5.92 Å². The highest BCUT2D eigenvalue weighted by molar-refractivity contribution is 4.57. The van der Waals surface area contributed by atoms with Crippen LogP contribution in [0.15, 0.2) is 0 Å². The summed E-state index contributed by atoms with van der Waals surface area (Å²) in [6.45, 7) is 6.80. The van der Waals surface area contributed by atoms with Gasteiger partial charge in [0.05, 0.1) is 6.61 Å². The maximum Gasteiger partial charge on any atom is 0.0588 e. The van der Waals surface area contributed by atoms with E-state index in [-0.39, 0.29) is 0 Å². The fourth-order valence-electron chi connectivity index (χ4n) is 1.85. The Morgan fingerprint density at radius 2 is 1.80 bits per heavy atom. The third kappa shape index (κ3) is 10.2. The maximum absolute atomic E-state index is 5.42. The number of rotatable bonds is 11. The fourth-order valence-corrected chi connectivity index (χ4v) is 1.85. The van der Waals surface area contributed by atoms with Crippen molar-refractivity contribution in [1.82, 2.24) is 0 Å². The van der Waals surface area contributed by atoms with Crippen molar-refractivity contribution < 1.29 is 4.74 Å². The first-order chi connectivity index (χ1) is 7.35. The quantitative estimate of drug-likeness (QED) is 0.536. The number of ether oxygens (including phenoxy) is 1. The van der Waals surface area contributed by atoms with Crippen molar-refractivity contribution in [2.75, 3.05) is 19.8 Å². The summed E-state index contributed by atoms with van der Waals surface area (Å²) in [6, 6.07) is 0. The Balaban J connectivity index is 3.29. The molecule has 0 aromatic heterocycles. The van der Waals surface area contributed by atoms with E-state index in [0.29, 0.717) is 13.2 Å². The van der Waals surface area contributed by atoms with Gasteiger partial charge in [-0.2, -0.15) is 0 Å². The van der Waals surface area contributed by atoms with E-state index in [1.807, 2.05) is 0 Å². The fraction of sp³-hybridized carbons (Fsp3) is 1.00. The lowest BCUT2D eigenvalue weighted by Gasteiger charge is -2.14. The van der Waals surface area contributed by atoms with Crippen LogP contribution >= 0.6 is 0 Å². The summed E-state index contributed by atoms with van der Waals surface area (Å²) >= 11 is 0. The molecule has 0 saturated heterocycles. The largest absolute Gasteiger partial charge is 0.380 e. The molecule has 1 atom stereocenters. The van der Waals surface area contributed by atoms with Gasteiger partial charge in [0.1, 0.15) is 0 Å². The third-order valence-corrected chi connectivity index (χ3v) is 2.98. The first-order valence-corrected chi connectivity index (χ1v) is 6.62. The summed E-state index contributed by atoms with van der Waals surface area (Å²) in [7, 11) is 0. The summed E-state index contributed by atoms with van der Waals surface area (Å²) in [5.74, 6) is 0.861. The van der Waals surface area contributed by atoms with Gasteiger partial charge in [0, 0.05) is 13.2 Å². The molecule has 0 aromatic rings. The Morgan fingerprint density at radius 1 is 1.00 bits per heavy atom. The second kappa shape index (κ2) is 12.0. The second-order valence-electron chi connectivity index (χ2n) is 4.31. The van der Waals surface area contributed by atoms with Crippen molar-refractivity contribution in [1.29, 1.82) is 0 Å². The second-order valence-corrected chi connectivity index (χ2v) is 4.31. The zero-order chi connectivity index (χ0) is 11.4. The van der Waals surface area contributed by atoms with Crippen LogP contribution in [0.4, 0.5) is 0 Å². The van der Waals surface area contributed by atoms with E-state index in [2.05, 4.69) is 13.8 Å². The molecule has 92 valence electrons. The van der Waals surface area contributed by atoms with Gasteiger partial charge in [-0.15, -0.1) is 0 Å². The highest BCUT2D eigenvalue weighted by Crippen LogP contribution is 2.17. The Bertz CT molecular complexity index is 105. The molecular weight excluding hydrogens is 186 g/mol. The molecule has 2 heteroatoms. The smallest absolute Gasteiger partial charge is 0.0588 e. The molecule has 0 saturated carbocycles. The average Bonchev–Trinajstić information content (AvgIpc) is 2.27. The molecule has 0 rings (SSSR count). The molecule has 2 N–H and O–H groups in total. The molecular formula is C13H29NO. The van der Waals surface area contributed by atoms with E-state index < -0.39 is 0 Å². The van der Waals surface area contributed by atoms with E-state index in [4.69, 9.17) is 10.5 Å². The molecule has 0 spiro atoms. The van der Waals surface area contributed by atoms with Gasteiger partial charge in [-0.1, -0.05) is 52.4 Å². The van der Waals surface area contributed by atoms with Crippen molar-refractivity contribution in [2.45, 2.75) is 58.8 Å². The Morgan fingerprint density at radius 3 is 2.40 bits per heavy atom. The van der Waals surface area contributed by atoms with Crippen molar-refractivity contribution >= 4 is 0 Å². The van der Waals surface area contributed by atoms with Gasteiger partial charge in [-0.3, -0.25) is 0 Å². The zero-order valence-corrected chi connectivity index (χ0v) is 10.6. The van der Waals surface area contributed by atoms with Crippen molar-refractivity contribution in [3.8, 4) is 0 Å². The minimum atomic E-state index is 0.646. The number of hydrogen-bond donors (Lipinski definition) is 1. The maximum atomic E-state index is 5.42. The predicted octanol–water partition coefficient (Wildman–Crippen LogP) is 3.35. The lowest BCUT2D eigenvalue weighted by atomic mass is 9.95. The number of nitrogens with two attached hydrogens (primary N) is 1. The van der Waals surface area contributed by atoms with Crippen LogP contribution < -0.4 is 5.73 Å². The van der Waals surface area contributed by atoms with Crippen LogP contribution in [0.5, 0.6) is 0 Å². The van der Waals surface area contributed by atoms with Gasteiger partial charge in [0.15, 0.2) is 0 Å². The number of unbranched alkanes of at least 4 members (excludes halogenated alkanes) is 3. The van der Waals surface area contributed by atoms with E-state index >= 15 is 0 Å². The summed E-state index contributed by atoms with van der Waals surface area (Å²) < 4.78 is 5.42. The molecule has 2 nitrogen and oxygen atoms in total. The SMILES string of the molecule is CCCCCCC(CC)CCOCCN. The molecule has 0 heterocycles. The standard InChI is InChI=1S/C13H29NO/c1-3-5-6-7-8-13(4-2)9-11-15-12-10-14/h13H,3-12,14H2,1-2H3. The van der Waals surface area contributed by atoms with Crippen LogP contribution in [0.1, 0.15) is 58.8 Å². The van der Waals surface area contributed by atoms with Crippen molar-refractivity contribution in [2.24, 2.45) is 11.7 Å². The van der Waals surface area contributed by atoms with Crippen LogP contribution in [-0.4, -0.2) is 19.8 Å². The molecule has 0 radical (unpaired) electrons. The average molecular weight is 215 g/mol. The van der Waals surface area contributed by atoms with Gasteiger partial charge in [0.2, 0.25) is 0 Å². The molecule has 1 unspecified atom stereocenters. The zero-order valence-electron chi connectivity index (χ0n) is 10.6. The lowest BCUT2D eigenvalue weighted by Crippen LogP contribution is -2.11. The molecule has 0 fully saturated rings. The molecule has 0 aliphatic heterocycles. The van der Waals surface area contributed by atoms with Gasteiger partial charge in [-0.05, 0) is 12.3 Å².